The predicted molar refractivity (Wildman–Crippen MR) is 124 cm³/mol. The van der Waals surface area contributed by atoms with E-state index in [2.05, 4.69) is 12.2 Å². The van der Waals surface area contributed by atoms with Crippen LogP contribution < -0.4 is 10.1 Å². The SMILES string of the molecule is COC1CCC(C)(C2(c3cc(OCC4CCC4)ccc3C)NC(=O)N(C(C)C)C2=O)CC1. The van der Waals surface area contributed by atoms with Crippen molar-refractivity contribution in [2.45, 2.75) is 90.3 Å². The van der Waals surface area contributed by atoms with Gasteiger partial charge in [0.15, 0.2) is 5.54 Å². The molecule has 32 heavy (non-hydrogen) atoms. The van der Waals surface area contributed by atoms with Crippen LogP contribution in [0.3, 0.4) is 0 Å². The molecule has 176 valence electrons. The van der Waals surface area contributed by atoms with E-state index in [0.717, 1.165) is 42.6 Å². The summed E-state index contributed by atoms with van der Waals surface area (Å²) in [6, 6.07) is 5.50. The molecule has 0 aromatic heterocycles. The molecule has 0 bridgehead atoms. The zero-order chi connectivity index (χ0) is 23.1. The summed E-state index contributed by atoms with van der Waals surface area (Å²) in [4.78, 5) is 28.6. The summed E-state index contributed by atoms with van der Waals surface area (Å²) in [6.07, 6.45) is 7.27. The van der Waals surface area contributed by atoms with E-state index in [-0.39, 0.29) is 24.1 Å². The Bertz CT molecular complexity index is 871. The fourth-order valence-electron chi connectivity index (χ4n) is 5.74. The van der Waals surface area contributed by atoms with Gasteiger partial charge in [-0.2, -0.15) is 0 Å². The van der Waals surface area contributed by atoms with Crippen LogP contribution in [0, 0.1) is 18.3 Å². The minimum absolute atomic E-state index is 0.143. The van der Waals surface area contributed by atoms with Crippen molar-refractivity contribution in [3.8, 4) is 5.75 Å². The first kappa shape index (κ1) is 23.1. The summed E-state index contributed by atoms with van der Waals surface area (Å²) in [7, 11) is 1.75. The van der Waals surface area contributed by atoms with Crippen LogP contribution in [0.2, 0.25) is 0 Å². The van der Waals surface area contributed by atoms with Crippen molar-refractivity contribution in [3.05, 3.63) is 29.3 Å². The Hall–Kier alpha value is -2.08. The van der Waals surface area contributed by atoms with Crippen LogP contribution in [0.15, 0.2) is 18.2 Å². The van der Waals surface area contributed by atoms with Gasteiger partial charge in [0.25, 0.3) is 5.91 Å². The average molecular weight is 443 g/mol. The molecule has 1 aliphatic heterocycles. The summed E-state index contributed by atoms with van der Waals surface area (Å²) >= 11 is 0. The zero-order valence-corrected chi connectivity index (χ0v) is 20.2. The van der Waals surface area contributed by atoms with Crippen molar-refractivity contribution in [1.82, 2.24) is 10.2 Å². The van der Waals surface area contributed by atoms with Crippen molar-refractivity contribution in [3.63, 3.8) is 0 Å². The molecule has 1 atom stereocenters. The van der Waals surface area contributed by atoms with Crippen LogP contribution in [0.4, 0.5) is 4.79 Å². The largest absolute Gasteiger partial charge is 0.493 e. The third-order valence-corrected chi connectivity index (χ3v) is 8.17. The molecular formula is C26H38N2O4. The van der Waals surface area contributed by atoms with Crippen LogP contribution in [-0.2, 0) is 15.1 Å². The van der Waals surface area contributed by atoms with Gasteiger partial charge in [-0.1, -0.05) is 19.4 Å². The van der Waals surface area contributed by atoms with E-state index in [1.165, 1.54) is 24.2 Å². The summed E-state index contributed by atoms with van der Waals surface area (Å²) in [5, 5.41) is 3.20. The number of ether oxygens (including phenoxy) is 2. The Labute approximate surface area is 192 Å². The van der Waals surface area contributed by atoms with Crippen LogP contribution in [-0.4, -0.2) is 42.7 Å². The lowest BCUT2D eigenvalue weighted by Crippen LogP contribution is -2.58. The number of carbonyl (C=O) groups is 2. The lowest BCUT2D eigenvalue weighted by molar-refractivity contribution is -0.140. The maximum absolute atomic E-state index is 14.1. The van der Waals surface area contributed by atoms with Crippen molar-refractivity contribution >= 4 is 11.9 Å². The average Bonchev–Trinajstić information content (AvgIpc) is 3.00. The molecule has 4 rings (SSSR count). The highest BCUT2D eigenvalue weighted by Crippen LogP contribution is 2.54. The molecule has 3 aliphatic rings. The fraction of sp³-hybridized carbons (Fsp3) is 0.692. The number of nitrogens with one attached hydrogen (secondary N) is 1. The molecule has 1 saturated heterocycles. The Morgan fingerprint density at radius 3 is 2.38 bits per heavy atom. The molecule has 1 heterocycles. The summed E-state index contributed by atoms with van der Waals surface area (Å²) < 4.78 is 11.7. The Kier molecular flexibility index (Phi) is 6.27. The number of urea groups is 1. The van der Waals surface area contributed by atoms with Gasteiger partial charge in [0.05, 0.1) is 12.7 Å². The topological polar surface area (TPSA) is 67.9 Å². The smallest absolute Gasteiger partial charge is 0.325 e. The highest BCUT2D eigenvalue weighted by atomic mass is 16.5. The van der Waals surface area contributed by atoms with Gasteiger partial charge in [-0.3, -0.25) is 9.69 Å². The van der Waals surface area contributed by atoms with Gasteiger partial charge >= 0.3 is 6.03 Å². The number of nitrogens with zero attached hydrogens (tertiary/aromatic N) is 1. The van der Waals surface area contributed by atoms with Gasteiger partial charge in [-0.25, -0.2) is 4.79 Å². The standard InChI is InChI=1S/C26H38N2O4/c1-17(2)28-23(29)26(27-24(28)30,25(4)13-11-20(31-5)12-14-25)22-15-21(10-9-18(22)3)32-16-19-7-6-8-19/h9-10,15,17,19-20H,6-8,11-14,16H2,1-5H3,(H,27,30). The van der Waals surface area contributed by atoms with Gasteiger partial charge < -0.3 is 14.8 Å². The van der Waals surface area contributed by atoms with Gasteiger partial charge in [0, 0.05) is 18.6 Å². The first-order valence-corrected chi connectivity index (χ1v) is 12.1. The molecule has 1 unspecified atom stereocenters. The van der Waals surface area contributed by atoms with E-state index in [0.29, 0.717) is 12.5 Å². The minimum Gasteiger partial charge on any atom is -0.493 e. The third kappa shape index (κ3) is 3.70. The molecule has 0 spiro atoms. The van der Waals surface area contributed by atoms with Crippen molar-refractivity contribution in [2.75, 3.05) is 13.7 Å². The lowest BCUT2D eigenvalue weighted by Gasteiger charge is -2.49. The highest BCUT2D eigenvalue weighted by Gasteiger charge is 2.63. The maximum atomic E-state index is 14.1. The number of methoxy groups -OCH3 is 1. The number of aryl methyl sites for hydroxylation is 1. The Morgan fingerprint density at radius 1 is 1.16 bits per heavy atom. The number of amides is 3. The van der Waals surface area contributed by atoms with Crippen molar-refractivity contribution in [2.24, 2.45) is 11.3 Å². The zero-order valence-electron chi connectivity index (χ0n) is 20.2. The van der Waals surface area contributed by atoms with Gasteiger partial charge in [0.1, 0.15) is 5.75 Å². The molecule has 3 fully saturated rings. The van der Waals surface area contributed by atoms with E-state index in [9.17, 15) is 9.59 Å². The number of imide groups is 1. The fourth-order valence-corrected chi connectivity index (χ4v) is 5.74. The molecule has 2 aliphatic carbocycles. The highest BCUT2D eigenvalue weighted by molar-refractivity contribution is 6.08. The molecule has 1 N–H and O–H groups in total. The summed E-state index contributed by atoms with van der Waals surface area (Å²) in [5.41, 5.74) is 0.335. The van der Waals surface area contributed by atoms with E-state index in [1.54, 1.807) is 7.11 Å². The molecule has 3 amide bonds. The van der Waals surface area contributed by atoms with Crippen molar-refractivity contribution in [1.29, 1.82) is 0 Å². The maximum Gasteiger partial charge on any atom is 0.325 e. The van der Waals surface area contributed by atoms with E-state index >= 15 is 0 Å². The second kappa shape index (κ2) is 8.69. The van der Waals surface area contributed by atoms with Crippen LogP contribution >= 0.6 is 0 Å². The number of benzene rings is 1. The van der Waals surface area contributed by atoms with E-state index < -0.39 is 11.0 Å². The predicted octanol–water partition coefficient (Wildman–Crippen LogP) is 4.92. The molecule has 2 saturated carbocycles. The Morgan fingerprint density at radius 2 is 1.84 bits per heavy atom. The monoisotopic (exact) mass is 442 g/mol. The van der Waals surface area contributed by atoms with Crippen LogP contribution in [0.1, 0.15) is 76.8 Å². The second-order valence-corrected chi connectivity index (χ2v) is 10.5. The van der Waals surface area contributed by atoms with Gasteiger partial charge in [-0.05, 0) is 88.5 Å². The van der Waals surface area contributed by atoms with Gasteiger partial charge in [-0.15, -0.1) is 0 Å². The lowest BCUT2D eigenvalue weighted by atomic mass is 9.59. The number of hydrogen-bond acceptors (Lipinski definition) is 4. The third-order valence-electron chi connectivity index (χ3n) is 8.17. The summed E-state index contributed by atoms with van der Waals surface area (Å²) in [5.74, 6) is 1.26. The minimum atomic E-state index is -1.10. The second-order valence-electron chi connectivity index (χ2n) is 10.5. The molecule has 6 nitrogen and oxygen atoms in total. The van der Waals surface area contributed by atoms with E-state index in [1.807, 2.05) is 39.0 Å². The van der Waals surface area contributed by atoms with Crippen LogP contribution in [0.25, 0.3) is 0 Å². The first-order valence-electron chi connectivity index (χ1n) is 12.1. The van der Waals surface area contributed by atoms with Crippen molar-refractivity contribution < 1.29 is 19.1 Å². The first-order chi connectivity index (χ1) is 15.2. The molecule has 0 radical (unpaired) electrons. The molecular weight excluding hydrogens is 404 g/mol. The molecule has 6 heteroatoms. The number of carbonyl (C=O) groups excluding carboxylic acids is 2. The quantitative estimate of drug-likeness (QED) is 0.608. The van der Waals surface area contributed by atoms with Crippen LogP contribution in [0.5, 0.6) is 5.75 Å². The molecule has 1 aromatic carbocycles. The normalized spacial score (nSPS) is 31.1. The Balaban J connectivity index is 1.77. The number of hydrogen-bond donors (Lipinski definition) is 1. The summed E-state index contributed by atoms with van der Waals surface area (Å²) in [6.45, 7) is 8.67. The number of rotatable bonds is 7. The van der Waals surface area contributed by atoms with Gasteiger partial charge in [0.2, 0.25) is 0 Å². The molecule has 1 aromatic rings. The van der Waals surface area contributed by atoms with E-state index in [4.69, 9.17) is 9.47 Å².